The second-order valence-corrected chi connectivity index (χ2v) is 7.23. The molecule has 0 radical (unpaired) electrons. The first-order valence-electron chi connectivity index (χ1n) is 7.48. The molecule has 0 aliphatic rings. The van der Waals surface area contributed by atoms with Crippen molar-refractivity contribution in [2.45, 2.75) is 71.6 Å². The van der Waals surface area contributed by atoms with Crippen molar-refractivity contribution in [3.8, 4) is 0 Å². The minimum absolute atomic E-state index is 0.254. The lowest BCUT2D eigenvalue weighted by atomic mass is 10.0. The molecule has 0 saturated carbocycles. The Bertz CT molecular complexity index is 371. The number of aliphatic hydroxyl groups is 1. The first-order valence-corrected chi connectivity index (χ1v) is 7.48. The molecule has 0 spiro atoms. The molecular weight excluding hydrogens is 288 g/mol. The molecule has 7 nitrogen and oxygen atoms in total. The Morgan fingerprint density at radius 1 is 1.18 bits per heavy atom. The van der Waals surface area contributed by atoms with Crippen molar-refractivity contribution < 1.29 is 24.5 Å². The molecule has 2 amide bonds. The Hall–Kier alpha value is -1.50. The zero-order valence-electron chi connectivity index (χ0n) is 14.5. The van der Waals surface area contributed by atoms with Crippen LogP contribution in [0.2, 0.25) is 0 Å². The standard InChI is InChI=1S/C15H30N2O5/c1-14(2,3)17(13(20)21)11(10-18)8-7-9-16-12(19)22-15(4,5)6/h11,18H,7-10H2,1-6H3,(H,16,19)(H,20,21)/t11-/m0/s1. The van der Waals surface area contributed by atoms with E-state index in [0.29, 0.717) is 19.4 Å². The van der Waals surface area contributed by atoms with Crippen molar-refractivity contribution in [3.05, 3.63) is 0 Å². The summed E-state index contributed by atoms with van der Waals surface area (Å²) in [6.45, 7) is 10.8. The predicted octanol–water partition coefficient (Wildman–Crippen LogP) is 2.43. The Balaban J connectivity index is 4.36. The Labute approximate surface area is 132 Å². The van der Waals surface area contributed by atoms with Crippen LogP contribution in [-0.2, 0) is 4.74 Å². The van der Waals surface area contributed by atoms with Crippen molar-refractivity contribution >= 4 is 12.2 Å². The van der Waals surface area contributed by atoms with Crippen LogP contribution >= 0.6 is 0 Å². The topological polar surface area (TPSA) is 99.1 Å². The normalized spacial score (nSPS) is 13.4. The molecule has 3 N–H and O–H groups in total. The number of hydrogen-bond donors (Lipinski definition) is 3. The van der Waals surface area contributed by atoms with Gasteiger partial charge in [0.15, 0.2) is 0 Å². The van der Waals surface area contributed by atoms with E-state index in [-0.39, 0.29) is 6.61 Å². The summed E-state index contributed by atoms with van der Waals surface area (Å²) in [5, 5.41) is 21.4. The van der Waals surface area contributed by atoms with E-state index in [9.17, 15) is 19.8 Å². The van der Waals surface area contributed by atoms with E-state index in [0.717, 1.165) is 0 Å². The first-order chi connectivity index (χ1) is 9.88. The molecule has 0 aromatic heterocycles. The van der Waals surface area contributed by atoms with Gasteiger partial charge in [-0.25, -0.2) is 9.59 Å². The van der Waals surface area contributed by atoms with E-state index >= 15 is 0 Å². The third kappa shape index (κ3) is 8.07. The SMILES string of the molecule is CC(C)(C)OC(=O)NCCC[C@@H](CO)N(C(=O)O)C(C)(C)C. The van der Waals surface area contributed by atoms with Gasteiger partial charge in [-0.05, 0) is 54.4 Å². The number of aliphatic hydroxyl groups excluding tert-OH is 1. The molecule has 0 rings (SSSR count). The molecule has 1 atom stereocenters. The van der Waals surface area contributed by atoms with Crippen molar-refractivity contribution in [3.63, 3.8) is 0 Å². The van der Waals surface area contributed by atoms with Crippen LogP contribution in [0.15, 0.2) is 0 Å². The lowest BCUT2D eigenvalue weighted by Crippen LogP contribution is -2.52. The Morgan fingerprint density at radius 3 is 2.09 bits per heavy atom. The first kappa shape index (κ1) is 20.5. The fourth-order valence-corrected chi connectivity index (χ4v) is 2.14. The highest BCUT2D eigenvalue weighted by Crippen LogP contribution is 2.20. The summed E-state index contributed by atoms with van der Waals surface area (Å²) >= 11 is 0. The van der Waals surface area contributed by atoms with Gasteiger partial charge in [0.2, 0.25) is 0 Å². The molecule has 0 unspecified atom stereocenters. The highest BCUT2D eigenvalue weighted by Gasteiger charge is 2.32. The smallest absolute Gasteiger partial charge is 0.408 e. The second-order valence-electron chi connectivity index (χ2n) is 7.23. The van der Waals surface area contributed by atoms with Crippen LogP contribution in [0.5, 0.6) is 0 Å². The summed E-state index contributed by atoms with van der Waals surface area (Å²) in [6, 6.07) is -0.502. The minimum Gasteiger partial charge on any atom is -0.465 e. The maximum Gasteiger partial charge on any atom is 0.408 e. The number of amides is 2. The minimum atomic E-state index is -1.06. The highest BCUT2D eigenvalue weighted by molar-refractivity contribution is 5.67. The maximum absolute atomic E-state index is 11.5. The fraction of sp³-hybridized carbons (Fsp3) is 0.867. The summed E-state index contributed by atoms with van der Waals surface area (Å²) in [5.74, 6) is 0. The molecule has 130 valence electrons. The summed E-state index contributed by atoms with van der Waals surface area (Å²) in [6.07, 6.45) is -0.564. The quantitative estimate of drug-likeness (QED) is 0.653. The van der Waals surface area contributed by atoms with Gasteiger partial charge in [0.25, 0.3) is 0 Å². The molecule has 22 heavy (non-hydrogen) atoms. The summed E-state index contributed by atoms with van der Waals surface area (Å²) in [5.41, 5.74) is -1.15. The number of carboxylic acid groups (broad SMARTS) is 1. The van der Waals surface area contributed by atoms with Gasteiger partial charge in [-0.2, -0.15) is 0 Å². The second kappa shape index (κ2) is 8.22. The molecule has 0 saturated heterocycles. The molecule has 7 heteroatoms. The molecule has 0 aliphatic carbocycles. The van der Waals surface area contributed by atoms with Crippen LogP contribution in [-0.4, -0.2) is 57.6 Å². The zero-order chi connectivity index (χ0) is 17.6. The molecule has 0 aliphatic heterocycles. The largest absolute Gasteiger partial charge is 0.465 e. The average molecular weight is 318 g/mol. The highest BCUT2D eigenvalue weighted by atomic mass is 16.6. The number of carbonyl (C=O) groups is 2. The fourth-order valence-electron chi connectivity index (χ4n) is 2.14. The third-order valence-corrected chi connectivity index (χ3v) is 2.89. The van der Waals surface area contributed by atoms with Gasteiger partial charge in [-0.15, -0.1) is 0 Å². The van der Waals surface area contributed by atoms with E-state index < -0.39 is 29.4 Å². The van der Waals surface area contributed by atoms with Gasteiger partial charge in [0.05, 0.1) is 12.6 Å². The van der Waals surface area contributed by atoms with Crippen molar-refractivity contribution in [2.75, 3.05) is 13.2 Å². The molecule has 0 aromatic rings. The Kier molecular flexibility index (Phi) is 7.66. The van der Waals surface area contributed by atoms with Crippen LogP contribution < -0.4 is 5.32 Å². The number of nitrogens with one attached hydrogen (secondary N) is 1. The van der Waals surface area contributed by atoms with E-state index in [1.165, 1.54) is 4.90 Å². The van der Waals surface area contributed by atoms with Crippen molar-refractivity contribution in [2.24, 2.45) is 0 Å². The summed E-state index contributed by atoms with van der Waals surface area (Å²) < 4.78 is 5.11. The van der Waals surface area contributed by atoms with Crippen molar-refractivity contribution in [1.29, 1.82) is 0 Å². The van der Waals surface area contributed by atoms with Crippen LogP contribution in [0.1, 0.15) is 54.4 Å². The summed E-state index contributed by atoms with van der Waals surface area (Å²) in [4.78, 5) is 24.1. The monoisotopic (exact) mass is 318 g/mol. The van der Waals surface area contributed by atoms with Crippen molar-refractivity contribution in [1.82, 2.24) is 10.2 Å². The third-order valence-electron chi connectivity index (χ3n) is 2.89. The number of carbonyl (C=O) groups excluding carboxylic acids is 1. The van der Waals surface area contributed by atoms with Crippen LogP contribution in [0.3, 0.4) is 0 Å². The van der Waals surface area contributed by atoms with Gasteiger partial charge in [-0.1, -0.05) is 0 Å². The number of nitrogens with zero attached hydrogens (tertiary/aromatic N) is 1. The molecular formula is C15H30N2O5. The summed E-state index contributed by atoms with van der Waals surface area (Å²) in [7, 11) is 0. The van der Waals surface area contributed by atoms with Gasteiger partial charge < -0.3 is 20.3 Å². The zero-order valence-corrected chi connectivity index (χ0v) is 14.5. The lowest BCUT2D eigenvalue weighted by Gasteiger charge is -2.39. The van der Waals surface area contributed by atoms with E-state index in [1.807, 2.05) is 0 Å². The number of rotatable bonds is 6. The van der Waals surface area contributed by atoms with Gasteiger partial charge in [0.1, 0.15) is 5.60 Å². The maximum atomic E-state index is 11.5. The van der Waals surface area contributed by atoms with Crippen LogP contribution in [0, 0.1) is 0 Å². The lowest BCUT2D eigenvalue weighted by molar-refractivity contribution is 0.0407. The van der Waals surface area contributed by atoms with Gasteiger partial charge in [-0.3, -0.25) is 4.90 Å². The average Bonchev–Trinajstić information content (AvgIpc) is 2.28. The molecule has 0 bridgehead atoms. The molecule has 0 aromatic carbocycles. The van der Waals surface area contributed by atoms with Gasteiger partial charge >= 0.3 is 12.2 Å². The van der Waals surface area contributed by atoms with E-state index in [4.69, 9.17) is 4.74 Å². The van der Waals surface area contributed by atoms with Gasteiger partial charge in [0, 0.05) is 12.1 Å². The predicted molar refractivity (Wildman–Crippen MR) is 84.0 cm³/mol. The molecule has 0 heterocycles. The van der Waals surface area contributed by atoms with E-state index in [2.05, 4.69) is 5.32 Å². The van der Waals surface area contributed by atoms with E-state index in [1.54, 1.807) is 41.5 Å². The Morgan fingerprint density at radius 2 is 1.73 bits per heavy atom. The molecule has 0 fully saturated rings. The van der Waals surface area contributed by atoms with Crippen LogP contribution in [0.25, 0.3) is 0 Å². The number of ether oxygens (including phenoxy) is 1. The number of alkyl carbamates (subject to hydrolysis) is 1. The number of hydrogen-bond acceptors (Lipinski definition) is 4. The van der Waals surface area contributed by atoms with Crippen LogP contribution in [0.4, 0.5) is 9.59 Å².